The summed E-state index contributed by atoms with van der Waals surface area (Å²) in [7, 11) is 0. The second-order valence-electron chi connectivity index (χ2n) is 5.40. The minimum atomic E-state index is 0.490. The Morgan fingerprint density at radius 1 is 1.24 bits per heavy atom. The molecule has 0 spiro atoms. The Hall–Kier alpha value is -1.40. The molecule has 1 fully saturated rings. The molecule has 2 rings (SSSR count). The molecule has 1 aliphatic rings. The molecule has 6 heteroatoms. The summed E-state index contributed by atoms with van der Waals surface area (Å²) in [5, 5.41) is 0. The predicted molar refractivity (Wildman–Crippen MR) is 84.9 cm³/mol. The second-order valence-corrected chi connectivity index (χ2v) is 5.40. The average molecular weight is 293 g/mol. The molecule has 0 saturated carbocycles. The summed E-state index contributed by atoms with van der Waals surface area (Å²) >= 11 is 0. The van der Waals surface area contributed by atoms with Crippen LogP contribution in [0.5, 0.6) is 5.88 Å². The van der Waals surface area contributed by atoms with Crippen LogP contribution in [0.25, 0.3) is 0 Å². The Kier molecular flexibility index (Phi) is 5.76. The van der Waals surface area contributed by atoms with Crippen LogP contribution < -0.4 is 15.4 Å². The largest absolute Gasteiger partial charge is 0.478 e. The van der Waals surface area contributed by atoms with Crippen LogP contribution in [0.3, 0.4) is 0 Å². The van der Waals surface area contributed by atoms with Gasteiger partial charge in [0.25, 0.3) is 0 Å². The SMILES string of the molecule is CCOc1cc(C)nc(N2CCN(C(CC)CN)CC2)n1. The maximum absolute atomic E-state index is 5.84. The standard InChI is InChI=1S/C15H27N5O/c1-4-13(11-16)19-6-8-20(9-7-19)15-17-12(3)10-14(18-15)21-5-2/h10,13H,4-9,11,16H2,1-3H3. The minimum absolute atomic E-state index is 0.490. The molecular formula is C15H27N5O. The lowest BCUT2D eigenvalue weighted by Gasteiger charge is -2.38. The maximum atomic E-state index is 5.84. The monoisotopic (exact) mass is 293 g/mol. The number of anilines is 1. The molecule has 21 heavy (non-hydrogen) atoms. The van der Waals surface area contributed by atoms with Gasteiger partial charge in [-0.1, -0.05) is 6.92 Å². The number of nitrogens with two attached hydrogens (primary N) is 1. The fourth-order valence-corrected chi connectivity index (χ4v) is 2.75. The molecule has 1 aromatic rings. The van der Waals surface area contributed by atoms with Gasteiger partial charge in [-0.3, -0.25) is 4.90 Å². The van der Waals surface area contributed by atoms with Gasteiger partial charge in [0.15, 0.2) is 0 Å². The number of ether oxygens (including phenoxy) is 1. The van der Waals surface area contributed by atoms with Crippen molar-refractivity contribution < 1.29 is 4.74 Å². The van der Waals surface area contributed by atoms with Gasteiger partial charge in [0.1, 0.15) is 0 Å². The van der Waals surface area contributed by atoms with E-state index in [1.54, 1.807) is 0 Å². The summed E-state index contributed by atoms with van der Waals surface area (Å²) in [6, 6.07) is 2.37. The van der Waals surface area contributed by atoms with Gasteiger partial charge in [-0.05, 0) is 20.3 Å². The highest BCUT2D eigenvalue weighted by atomic mass is 16.5. The van der Waals surface area contributed by atoms with Crippen LogP contribution in [0, 0.1) is 6.92 Å². The first-order chi connectivity index (χ1) is 10.2. The van der Waals surface area contributed by atoms with E-state index in [0.717, 1.165) is 50.8 Å². The van der Waals surface area contributed by atoms with Crippen molar-refractivity contribution in [2.45, 2.75) is 33.2 Å². The van der Waals surface area contributed by atoms with Gasteiger partial charge in [-0.2, -0.15) is 4.98 Å². The number of piperazine rings is 1. The molecule has 6 nitrogen and oxygen atoms in total. The lowest BCUT2D eigenvalue weighted by atomic mass is 10.1. The highest BCUT2D eigenvalue weighted by Crippen LogP contribution is 2.18. The van der Waals surface area contributed by atoms with Crippen LogP contribution in [0.4, 0.5) is 5.95 Å². The van der Waals surface area contributed by atoms with E-state index < -0.39 is 0 Å². The Morgan fingerprint density at radius 3 is 2.52 bits per heavy atom. The first-order valence-electron chi connectivity index (χ1n) is 7.85. The highest BCUT2D eigenvalue weighted by molar-refractivity contribution is 5.35. The summed E-state index contributed by atoms with van der Waals surface area (Å²) < 4.78 is 5.51. The predicted octanol–water partition coefficient (Wildman–Crippen LogP) is 1.04. The molecule has 0 aromatic carbocycles. The van der Waals surface area contributed by atoms with Crippen LogP contribution in [-0.4, -0.2) is 60.2 Å². The van der Waals surface area contributed by atoms with Gasteiger partial charge in [-0.15, -0.1) is 0 Å². The average Bonchev–Trinajstić information content (AvgIpc) is 2.49. The maximum Gasteiger partial charge on any atom is 0.228 e. The Balaban J connectivity index is 2.01. The van der Waals surface area contributed by atoms with Crippen molar-refractivity contribution in [2.24, 2.45) is 5.73 Å². The molecular weight excluding hydrogens is 266 g/mol. The van der Waals surface area contributed by atoms with E-state index >= 15 is 0 Å². The second kappa shape index (κ2) is 7.56. The first kappa shape index (κ1) is 16.0. The van der Waals surface area contributed by atoms with Gasteiger partial charge in [0, 0.05) is 50.5 Å². The van der Waals surface area contributed by atoms with Gasteiger partial charge in [-0.25, -0.2) is 4.98 Å². The smallest absolute Gasteiger partial charge is 0.228 e. The Labute approximate surface area is 127 Å². The summed E-state index contributed by atoms with van der Waals surface area (Å²) in [4.78, 5) is 13.7. The fraction of sp³-hybridized carbons (Fsp3) is 0.733. The van der Waals surface area contributed by atoms with Crippen LogP contribution >= 0.6 is 0 Å². The number of rotatable bonds is 6. The van der Waals surface area contributed by atoms with E-state index in [-0.39, 0.29) is 0 Å². The minimum Gasteiger partial charge on any atom is -0.478 e. The van der Waals surface area contributed by atoms with Crippen molar-refractivity contribution in [1.82, 2.24) is 14.9 Å². The van der Waals surface area contributed by atoms with Crippen LogP contribution in [0.1, 0.15) is 26.0 Å². The molecule has 2 heterocycles. The Bertz CT molecular complexity index is 442. The van der Waals surface area contributed by atoms with Crippen molar-refractivity contribution in [3.63, 3.8) is 0 Å². The van der Waals surface area contributed by atoms with Gasteiger partial charge >= 0.3 is 0 Å². The summed E-state index contributed by atoms with van der Waals surface area (Å²) in [6.07, 6.45) is 1.10. The first-order valence-corrected chi connectivity index (χ1v) is 7.85. The zero-order valence-electron chi connectivity index (χ0n) is 13.4. The molecule has 1 saturated heterocycles. The molecule has 2 N–H and O–H groups in total. The van der Waals surface area contributed by atoms with Gasteiger partial charge in [0.2, 0.25) is 11.8 Å². The fourth-order valence-electron chi connectivity index (χ4n) is 2.75. The third kappa shape index (κ3) is 4.04. The van der Waals surface area contributed by atoms with Crippen molar-refractivity contribution >= 4 is 5.95 Å². The molecule has 1 aromatic heterocycles. The summed E-state index contributed by atoms with van der Waals surface area (Å²) in [6.45, 7) is 11.4. The third-order valence-electron chi connectivity index (χ3n) is 3.97. The molecule has 0 amide bonds. The van der Waals surface area contributed by atoms with Crippen LogP contribution in [0.2, 0.25) is 0 Å². The highest BCUT2D eigenvalue weighted by Gasteiger charge is 2.23. The molecule has 118 valence electrons. The number of aromatic nitrogens is 2. The number of aryl methyl sites for hydroxylation is 1. The molecule has 0 bridgehead atoms. The van der Waals surface area contributed by atoms with E-state index in [1.165, 1.54) is 0 Å². The number of nitrogens with zero attached hydrogens (tertiary/aromatic N) is 4. The van der Waals surface area contributed by atoms with Gasteiger partial charge in [0.05, 0.1) is 6.61 Å². The molecule has 0 aliphatic carbocycles. The lowest BCUT2D eigenvalue weighted by molar-refractivity contribution is 0.183. The zero-order valence-corrected chi connectivity index (χ0v) is 13.4. The molecule has 1 aliphatic heterocycles. The normalized spacial score (nSPS) is 17.8. The van der Waals surface area contributed by atoms with E-state index in [1.807, 2.05) is 19.9 Å². The molecule has 0 radical (unpaired) electrons. The van der Waals surface area contributed by atoms with Crippen molar-refractivity contribution in [3.8, 4) is 5.88 Å². The zero-order chi connectivity index (χ0) is 15.2. The van der Waals surface area contributed by atoms with Gasteiger partial charge < -0.3 is 15.4 Å². The van der Waals surface area contributed by atoms with E-state index in [4.69, 9.17) is 10.5 Å². The summed E-state index contributed by atoms with van der Waals surface area (Å²) in [5.41, 5.74) is 6.78. The topological polar surface area (TPSA) is 67.5 Å². The van der Waals surface area contributed by atoms with Crippen molar-refractivity contribution in [2.75, 3.05) is 44.2 Å². The van der Waals surface area contributed by atoms with Crippen LogP contribution in [0.15, 0.2) is 6.07 Å². The Morgan fingerprint density at radius 2 is 1.95 bits per heavy atom. The van der Waals surface area contributed by atoms with E-state index in [9.17, 15) is 0 Å². The summed E-state index contributed by atoms with van der Waals surface area (Å²) in [5.74, 6) is 1.44. The van der Waals surface area contributed by atoms with Crippen LogP contribution in [-0.2, 0) is 0 Å². The third-order valence-corrected chi connectivity index (χ3v) is 3.97. The molecule has 1 unspecified atom stereocenters. The lowest BCUT2D eigenvalue weighted by Crippen LogP contribution is -2.52. The van der Waals surface area contributed by atoms with Crippen molar-refractivity contribution in [1.29, 1.82) is 0 Å². The number of hydrogen-bond acceptors (Lipinski definition) is 6. The molecule has 1 atom stereocenters. The number of hydrogen-bond donors (Lipinski definition) is 1. The van der Waals surface area contributed by atoms with Crippen molar-refractivity contribution in [3.05, 3.63) is 11.8 Å². The quantitative estimate of drug-likeness (QED) is 0.845. The van der Waals surface area contributed by atoms with E-state index in [0.29, 0.717) is 18.5 Å². The van der Waals surface area contributed by atoms with E-state index in [2.05, 4.69) is 26.7 Å².